The SMILES string of the molecule is O=S(=O)(O)C(F)(F)F.[Y].[Y]. The van der Waals surface area contributed by atoms with Crippen molar-refractivity contribution in [2.45, 2.75) is 5.51 Å². The van der Waals surface area contributed by atoms with E-state index in [4.69, 9.17) is 13.0 Å². The summed E-state index contributed by atoms with van der Waals surface area (Å²) in [4.78, 5) is 0. The van der Waals surface area contributed by atoms with Gasteiger partial charge < -0.3 is 0 Å². The molecular weight excluding hydrogens is 327 g/mol. The normalized spacial score (nSPS) is 11.2. The Balaban J connectivity index is -0.000000245. The quantitative estimate of drug-likeness (QED) is 0.517. The molecule has 0 rings (SSSR count). The largest absolute Gasteiger partial charge is 0.522 e. The van der Waals surface area contributed by atoms with Crippen molar-refractivity contribution in [2.75, 3.05) is 0 Å². The maximum atomic E-state index is 10.7. The first-order chi connectivity index (χ1) is 3.25. The molecule has 0 aliphatic carbocycles. The molecule has 2 radical (unpaired) electrons. The molecule has 0 aromatic carbocycles. The van der Waals surface area contributed by atoms with Crippen LogP contribution in [-0.2, 0) is 75.5 Å². The minimum Gasteiger partial charge on any atom is -0.279 e. The fourth-order valence-electron chi connectivity index (χ4n) is 0. The third-order valence-corrected chi connectivity index (χ3v) is 0.877. The van der Waals surface area contributed by atoms with E-state index >= 15 is 0 Å². The molecule has 1 N–H and O–H groups in total. The summed E-state index contributed by atoms with van der Waals surface area (Å²) in [5.74, 6) is 0. The predicted molar refractivity (Wildman–Crippen MR) is 17.6 cm³/mol. The van der Waals surface area contributed by atoms with E-state index < -0.39 is 15.6 Å². The van der Waals surface area contributed by atoms with Crippen LogP contribution in [-0.4, -0.2) is 18.5 Å². The monoisotopic (exact) mass is 328 g/mol. The number of halogens is 3. The second-order valence-electron chi connectivity index (χ2n) is 0.921. The Hall–Kier alpha value is 1.91. The number of hydrogen-bond donors (Lipinski definition) is 1. The zero-order valence-corrected chi connectivity index (χ0v) is 11.0. The Morgan fingerprint density at radius 1 is 1.10 bits per heavy atom. The maximum Gasteiger partial charge on any atom is 0.522 e. The van der Waals surface area contributed by atoms with E-state index in [0.717, 1.165) is 0 Å². The van der Waals surface area contributed by atoms with Crippen LogP contribution in [0.4, 0.5) is 13.2 Å². The topological polar surface area (TPSA) is 54.4 Å². The van der Waals surface area contributed by atoms with Gasteiger partial charge in [-0.05, 0) is 0 Å². The Bertz CT molecular complexity index is 171. The van der Waals surface area contributed by atoms with Gasteiger partial charge in [-0.2, -0.15) is 21.6 Å². The van der Waals surface area contributed by atoms with Crippen molar-refractivity contribution >= 4 is 10.1 Å². The van der Waals surface area contributed by atoms with Gasteiger partial charge in [-0.1, -0.05) is 0 Å². The summed E-state index contributed by atoms with van der Waals surface area (Å²) >= 11 is 0. The van der Waals surface area contributed by atoms with Crippen LogP contribution in [0.3, 0.4) is 0 Å². The van der Waals surface area contributed by atoms with E-state index in [-0.39, 0.29) is 65.4 Å². The van der Waals surface area contributed by atoms with Gasteiger partial charge >= 0.3 is 15.6 Å². The summed E-state index contributed by atoms with van der Waals surface area (Å²) in [7, 11) is -5.84. The molecule has 0 amide bonds. The maximum absolute atomic E-state index is 10.7. The molecule has 56 valence electrons. The molecule has 3 nitrogen and oxygen atoms in total. The van der Waals surface area contributed by atoms with Crippen LogP contribution < -0.4 is 0 Å². The van der Waals surface area contributed by atoms with Crippen LogP contribution in [0.15, 0.2) is 0 Å². The van der Waals surface area contributed by atoms with Crippen molar-refractivity contribution in [1.29, 1.82) is 0 Å². The third-order valence-electron chi connectivity index (χ3n) is 0.292. The molecule has 0 bridgehead atoms. The molecule has 0 unspecified atom stereocenters. The van der Waals surface area contributed by atoms with Crippen LogP contribution >= 0.6 is 0 Å². The molecular formula is CHF3O3SY2. The number of alkyl halides is 3. The van der Waals surface area contributed by atoms with Crippen LogP contribution in [0.1, 0.15) is 0 Å². The molecule has 0 aliphatic rings. The summed E-state index contributed by atoms with van der Waals surface area (Å²) in [6.07, 6.45) is 0. The van der Waals surface area contributed by atoms with E-state index in [1.54, 1.807) is 0 Å². The van der Waals surface area contributed by atoms with E-state index in [1.165, 1.54) is 0 Å². The molecule has 0 aromatic heterocycles. The smallest absolute Gasteiger partial charge is 0.279 e. The average molecular weight is 328 g/mol. The van der Waals surface area contributed by atoms with Gasteiger partial charge in [-0.3, -0.25) is 4.55 Å². The van der Waals surface area contributed by atoms with Crippen LogP contribution in [0, 0.1) is 0 Å². The fraction of sp³-hybridized carbons (Fsp3) is 1.00. The fourth-order valence-corrected chi connectivity index (χ4v) is 0. The molecule has 9 heteroatoms. The third kappa shape index (κ3) is 6.61. The molecule has 0 spiro atoms. The van der Waals surface area contributed by atoms with Crippen molar-refractivity contribution in [1.82, 2.24) is 0 Å². The second kappa shape index (κ2) is 5.54. The van der Waals surface area contributed by atoms with Gasteiger partial charge in [0.15, 0.2) is 0 Å². The second-order valence-corrected chi connectivity index (χ2v) is 2.33. The first-order valence-corrected chi connectivity index (χ1v) is 2.73. The van der Waals surface area contributed by atoms with E-state index in [1.807, 2.05) is 0 Å². The van der Waals surface area contributed by atoms with Crippen molar-refractivity contribution in [3.63, 3.8) is 0 Å². The summed E-state index contributed by atoms with van der Waals surface area (Å²) in [6.45, 7) is 0. The van der Waals surface area contributed by atoms with Gasteiger partial charge in [0.1, 0.15) is 0 Å². The van der Waals surface area contributed by atoms with Crippen molar-refractivity contribution in [3.8, 4) is 0 Å². The van der Waals surface area contributed by atoms with E-state index in [0.29, 0.717) is 0 Å². The molecule has 0 saturated carbocycles. The molecule has 10 heavy (non-hydrogen) atoms. The summed E-state index contributed by atoms with van der Waals surface area (Å²) in [5.41, 5.74) is -5.53. The van der Waals surface area contributed by atoms with Gasteiger partial charge in [0.05, 0.1) is 0 Å². The molecule has 0 heterocycles. The van der Waals surface area contributed by atoms with Gasteiger partial charge in [-0.15, -0.1) is 0 Å². The zero-order chi connectivity index (χ0) is 7.00. The van der Waals surface area contributed by atoms with Gasteiger partial charge in [-0.25, -0.2) is 0 Å². The Morgan fingerprint density at radius 2 is 1.20 bits per heavy atom. The van der Waals surface area contributed by atoms with Crippen LogP contribution in [0.2, 0.25) is 0 Å². The summed E-state index contributed by atoms with van der Waals surface area (Å²) < 4.78 is 57.5. The summed E-state index contributed by atoms with van der Waals surface area (Å²) in [5, 5.41) is 0. The predicted octanol–water partition coefficient (Wildman–Crippen LogP) is 0.389. The van der Waals surface area contributed by atoms with Crippen molar-refractivity contribution < 1.29 is 91.6 Å². The van der Waals surface area contributed by atoms with Gasteiger partial charge in [0.25, 0.3) is 0 Å². The van der Waals surface area contributed by atoms with E-state index in [2.05, 4.69) is 0 Å². The Morgan fingerprint density at radius 3 is 1.20 bits per heavy atom. The molecule has 0 saturated heterocycles. The van der Waals surface area contributed by atoms with Crippen molar-refractivity contribution in [2.24, 2.45) is 0 Å². The first-order valence-electron chi connectivity index (χ1n) is 1.29. The van der Waals surface area contributed by atoms with Gasteiger partial charge in [0, 0.05) is 65.4 Å². The minimum atomic E-state index is -5.84. The zero-order valence-electron chi connectivity index (χ0n) is 4.46. The van der Waals surface area contributed by atoms with E-state index in [9.17, 15) is 13.2 Å². The minimum absolute atomic E-state index is 0. The van der Waals surface area contributed by atoms with Crippen LogP contribution in [0.5, 0.6) is 0 Å². The van der Waals surface area contributed by atoms with Crippen molar-refractivity contribution in [3.05, 3.63) is 0 Å². The Labute approximate surface area is 106 Å². The number of rotatable bonds is 0. The average Bonchev–Trinajstić information content (AvgIpc) is 1.25. The van der Waals surface area contributed by atoms with Crippen LogP contribution in [0.25, 0.3) is 0 Å². The Kier molecular flexibility index (Phi) is 9.88. The van der Waals surface area contributed by atoms with Gasteiger partial charge in [0.2, 0.25) is 0 Å². The molecule has 0 atom stereocenters. The molecule has 0 aliphatic heterocycles. The summed E-state index contributed by atoms with van der Waals surface area (Å²) in [6, 6.07) is 0. The standard InChI is InChI=1S/CHF3O3S.2Y/c2-1(3,4)8(5,6)7;;/h(H,5,6,7);;. The molecule has 0 fully saturated rings. The molecule has 0 aromatic rings. The number of hydrogen-bond acceptors (Lipinski definition) is 2. The first kappa shape index (κ1) is 17.9.